The summed E-state index contributed by atoms with van der Waals surface area (Å²) in [5, 5.41) is 4.44. The van der Waals surface area contributed by atoms with Gasteiger partial charge in [0.1, 0.15) is 5.75 Å². The van der Waals surface area contributed by atoms with Crippen molar-refractivity contribution in [3.8, 4) is 5.75 Å². The first-order valence-corrected chi connectivity index (χ1v) is 7.62. The normalized spacial score (nSPS) is 13.7. The number of hydrogen-bond donors (Lipinski definition) is 1. The van der Waals surface area contributed by atoms with E-state index in [1.807, 2.05) is 36.4 Å². The van der Waals surface area contributed by atoms with Crippen molar-refractivity contribution in [3.63, 3.8) is 0 Å². The molecule has 1 N–H and O–H groups in total. The molecule has 21 heavy (non-hydrogen) atoms. The lowest BCUT2D eigenvalue weighted by atomic mass is 10.0. The van der Waals surface area contributed by atoms with Crippen molar-refractivity contribution in [2.75, 3.05) is 7.11 Å². The molecule has 0 amide bonds. The third kappa shape index (κ3) is 4.23. The van der Waals surface area contributed by atoms with E-state index in [9.17, 15) is 0 Å². The fourth-order valence-electron chi connectivity index (χ4n) is 2.59. The van der Waals surface area contributed by atoms with Crippen molar-refractivity contribution in [2.45, 2.75) is 32.4 Å². The zero-order chi connectivity index (χ0) is 15.2. The molecule has 2 unspecified atom stereocenters. The first-order valence-electron chi connectivity index (χ1n) is 7.24. The molecule has 2 rings (SSSR count). The van der Waals surface area contributed by atoms with E-state index in [0.29, 0.717) is 6.04 Å². The second kappa shape index (κ2) is 7.48. The van der Waals surface area contributed by atoms with Gasteiger partial charge in [-0.1, -0.05) is 48.0 Å². The smallest absolute Gasteiger partial charge is 0.123 e. The van der Waals surface area contributed by atoms with Gasteiger partial charge in [-0.15, -0.1) is 0 Å². The molecule has 0 saturated carbocycles. The standard InChI is InChI=1S/C18H22ClNO/c1-13(12-15-8-4-6-10-17(15)19)20-14(2)16-9-5-7-11-18(16)21-3/h4-11,13-14,20H,12H2,1-3H3. The van der Waals surface area contributed by atoms with E-state index >= 15 is 0 Å². The Bertz CT molecular complexity index is 585. The van der Waals surface area contributed by atoms with E-state index in [-0.39, 0.29) is 6.04 Å². The Labute approximate surface area is 132 Å². The van der Waals surface area contributed by atoms with Gasteiger partial charge in [-0.25, -0.2) is 0 Å². The third-order valence-electron chi connectivity index (χ3n) is 3.62. The average Bonchev–Trinajstić information content (AvgIpc) is 2.49. The predicted octanol–water partition coefficient (Wildman–Crippen LogP) is 4.63. The summed E-state index contributed by atoms with van der Waals surface area (Å²) in [6, 6.07) is 16.7. The van der Waals surface area contributed by atoms with Gasteiger partial charge >= 0.3 is 0 Å². The van der Waals surface area contributed by atoms with Crippen LogP contribution in [0, 0.1) is 0 Å². The van der Waals surface area contributed by atoms with Gasteiger partial charge in [0.2, 0.25) is 0 Å². The Hall–Kier alpha value is -1.51. The molecule has 0 aromatic heterocycles. The van der Waals surface area contributed by atoms with Gasteiger partial charge < -0.3 is 10.1 Å². The van der Waals surface area contributed by atoms with Crippen LogP contribution in [-0.4, -0.2) is 13.2 Å². The van der Waals surface area contributed by atoms with Gasteiger partial charge in [0.15, 0.2) is 0 Å². The maximum Gasteiger partial charge on any atom is 0.123 e. The summed E-state index contributed by atoms with van der Waals surface area (Å²) in [4.78, 5) is 0. The Kier molecular flexibility index (Phi) is 5.66. The van der Waals surface area contributed by atoms with Crippen LogP contribution in [0.4, 0.5) is 0 Å². The fraction of sp³-hybridized carbons (Fsp3) is 0.333. The van der Waals surface area contributed by atoms with E-state index in [2.05, 4.69) is 31.3 Å². The van der Waals surface area contributed by atoms with Crippen molar-refractivity contribution in [1.29, 1.82) is 0 Å². The molecule has 0 fully saturated rings. The lowest BCUT2D eigenvalue weighted by Gasteiger charge is -2.22. The van der Waals surface area contributed by atoms with Gasteiger partial charge in [-0.3, -0.25) is 0 Å². The molecule has 2 aromatic rings. The second-order valence-corrected chi connectivity index (χ2v) is 5.73. The highest BCUT2D eigenvalue weighted by Gasteiger charge is 2.14. The van der Waals surface area contributed by atoms with E-state index in [0.717, 1.165) is 17.2 Å². The summed E-state index contributed by atoms with van der Waals surface area (Å²) in [5.74, 6) is 0.919. The van der Waals surface area contributed by atoms with Crippen LogP contribution in [0.25, 0.3) is 0 Å². The van der Waals surface area contributed by atoms with Crippen LogP contribution in [0.2, 0.25) is 5.02 Å². The quantitative estimate of drug-likeness (QED) is 0.840. The van der Waals surface area contributed by atoms with Crippen LogP contribution < -0.4 is 10.1 Å². The maximum absolute atomic E-state index is 6.22. The molecule has 0 aliphatic carbocycles. The molecule has 0 spiro atoms. The molecule has 3 heteroatoms. The maximum atomic E-state index is 6.22. The molecule has 0 bridgehead atoms. The van der Waals surface area contributed by atoms with Crippen molar-refractivity contribution in [1.82, 2.24) is 5.32 Å². The van der Waals surface area contributed by atoms with Crippen LogP contribution in [0.1, 0.15) is 31.0 Å². The first kappa shape index (κ1) is 15.9. The summed E-state index contributed by atoms with van der Waals surface area (Å²) in [5.41, 5.74) is 2.34. The topological polar surface area (TPSA) is 21.3 Å². The molecular weight excluding hydrogens is 282 g/mol. The number of hydrogen-bond acceptors (Lipinski definition) is 2. The zero-order valence-corrected chi connectivity index (χ0v) is 13.5. The highest BCUT2D eigenvalue weighted by molar-refractivity contribution is 6.31. The summed E-state index contributed by atoms with van der Waals surface area (Å²) >= 11 is 6.22. The minimum atomic E-state index is 0.221. The van der Waals surface area contributed by atoms with Gasteiger partial charge in [0, 0.05) is 22.7 Å². The second-order valence-electron chi connectivity index (χ2n) is 5.33. The van der Waals surface area contributed by atoms with Crippen LogP contribution >= 0.6 is 11.6 Å². The lowest BCUT2D eigenvalue weighted by Crippen LogP contribution is -2.31. The van der Waals surface area contributed by atoms with Crippen LogP contribution in [0.15, 0.2) is 48.5 Å². The largest absolute Gasteiger partial charge is 0.496 e. The van der Waals surface area contributed by atoms with Crippen molar-refractivity contribution in [2.24, 2.45) is 0 Å². The van der Waals surface area contributed by atoms with E-state index in [1.54, 1.807) is 7.11 Å². The number of methoxy groups -OCH3 is 1. The van der Waals surface area contributed by atoms with E-state index in [4.69, 9.17) is 16.3 Å². The SMILES string of the molecule is COc1ccccc1C(C)NC(C)Cc1ccccc1Cl. The Morgan fingerprint density at radius 3 is 2.43 bits per heavy atom. The summed E-state index contributed by atoms with van der Waals surface area (Å²) in [6.45, 7) is 4.33. The minimum absolute atomic E-state index is 0.221. The summed E-state index contributed by atoms with van der Waals surface area (Å²) in [7, 11) is 1.71. The monoisotopic (exact) mass is 303 g/mol. The molecule has 112 valence electrons. The predicted molar refractivity (Wildman–Crippen MR) is 89.2 cm³/mol. The molecule has 2 nitrogen and oxygen atoms in total. The number of rotatable bonds is 6. The van der Waals surface area contributed by atoms with Gasteiger partial charge in [-0.2, -0.15) is 0 Å². The Morgan fingerprint density at radius 1 is 1.05 bits per heavy atom. The molecule has 2 atom stereocenters. The number of ether oxygens (including phenoxy) is 1. The minimum Gasteiger partial charge on any atom is -0.496 e. The van der Waals surface area contributed by atoms with Crippen molar-refractivity contribution < 1.29 is 4.74 Å². The van der Waals surface area contributed by atoms with Crippen LogP contribution in [-0.2, 0) is 6.42 Å². The molecule has 0 aliphatic heterocycles. The first-order chi connectivity index (χ1) is 10.1. The van der Waals surface area contributed by atoms with Crippen LogP contribution in [0.3, 0.4) is 0 Å². The van der Waals surface area contributed by atoms with Gasteiger partial charge in [-0.05, 0) is 38.0 Å². The van der Waals surface area contributed by atoms with Gasteiger partial charge in [0.25, 0.3) is 0 Å². The average molecular weight is 304 g/mol. The molecule has 0 saturated heterocycles. The van der Waals surface area contributed by atoms with E-state index < -0.39 is 0 Å². The molecule has 0 heterocycles. The van der Waals surface area contributed by atoms with Crippen LogP contribution in [0.5, 0.6) is 5.75 Å². The number of para-hydroxylation sites is 1. The number of benzene rings is 2. The molecule has 0 radical (unpaired) electrons. The summed E-state index contributed by atoms with van der Waals surface area (Å²) < 4.78 is 5.42. The Balaban J connectivity index is 2.02. The highest BCUT2D eigenvalue weighted by atomic mass is 35.5. The molecule has 2 aromatic carbocycles. The van der Waals surface area contributed by atoms with Crippen molar-refractivity contribution >= 4 is 11.6 Å². The van der Waals surface area contributed by atoms with Gasteiger partial charge in [0.05, 0.1) is 7.11 Å². The molecular formula is C18H22ClNO. The molecule has 0 aliphatic rings. The lowest BCUT2D eigenvalue weighted by molar-refractivity contribution is 0.395. The third-order valence-corrected chi connectivity index (χ3v) is 3.99. The Morgan fingerprint density at radius 2 is 1.71 bits per heavy atom. The highest BCUT2D eigenvalue weighted by Crippen LogP contribution is 2.25. The fourth-order valence-corrected chi connectivity index (χ4v) is 2.81. The summed E-state index contributed by atoms with van der Waals surface area (Å²) in [6.07, 6.45) is 0.902. The number of halogens is 1. The zero-order valence-electron chi connectivity index (χ0n) is 12.8. The van der Waals surface area contributed by atoms with E-state index in [1.165, 1.54) is 11.1 Å². The number of nitrogens with one attached hydrogen (secondary N) is 1. The van der Waals surface area contributed by atoms with Crippen molar-refractivity contribution in [3.05, 3.63) is 64.7 Å².